The molecule has 2 N–H and O–H groups in total. The van der Waals surface area contributed by atoms with Gasteiger partial charge in [0.2, 0.25) is 0 Å². The molecule has 0 aliphatic heterocycles. The molecule has 0 heterocycles. The molecule has 80 valence electrons. The third-order valence-electron chi connectivity index (χ3n) is 2.96. The Labute approximate surface area is 99.5 Å². The maximum Gasteiger partial charge on any atom is 0.0314 e. The molecule has 1 aliphatic rings. The predicted molar refractivity (Wildman–Crippen MR) is 68.7 cm³/mol. The first-order valence-electron chi connectivity index (χ1n) is 5.26. The highest BCUT2D eigenvalue weighted by Crippen LogP contribution is 2.32. The molecular weight excluding hydrogens is 250 g/mol. The molecule has 0 unspecified atom stereocenters. The van der Waals surface area contributed by atoms with Gasteiger partial charge >= 0.3 is 0 Å². The molecule has 1 nitrogen and oxygen atoms in total. The zero-order valence-electron chi connectivity index (χ0n) is 9.18. The fourth-order valence-corrected chi connectivity index (χ4v) is 2.58. The lowest BCUT2D eigenvalue weighted by Crippen LogP contribution is -2.35. The molecule has 0 spiro atoms. The summed E-state index contributed by atoms with van der Waals surface area (Å²) < 4.78 is 1.21. The quantitative estimate of drug-likeness (QED) is 0.827. The van der Waals surface area contributed by atoms with Crippen molar-refractivity contribution in [3.05, 3.63) is 39.4 Å². The predicted octanol–water partition coefficient (Wildman–Crippen LogP) is 3.52. The molecule has 0 saturated carbocycles. The van der Waals surface area contributed by atoms with Crippen molar-refractivity contribution < 1.29 is 0 Å². The number of rotatable bonds is 1. The molecule has 0 amide bonds. The van der Waals surface area contributed by atoms with Crippen LogP contribution in [0.3, 0.4) is 0 Å². The summed E-state index contributed by atoms with van der Waals surface area (Å²) in [5.74, 6) is 0. The van der Waals surface area contributed by atoms with Crippen LogP contribution >= 0.6 is 15.9 Å². The van der Waals surface area contributed by atoms with E-state index in [0.29, 0.717) is 0 Å². The van der Waals surface area contributed by atoms with Crippen LogP contribution in [0.1, 0.15) is 31.4 Å². The largest absolute Gasteiger partial charge is 0.322 e. The summed E-state index contributed by atoms with van der Waals surface area (Å²) in [4.78, 5) is 0. The Bertz CT molecular complexity index is 413. The average molecular weight is 266 g/mol. The number of nitrogens with two attached hydrogens (primary N) is 1. The van der Waals surface area contributed by atoms with E-state index in [1.807, 2.05) is 0 Å². The molecule has 1 aliphatic carbocycles. The summed E-state index contributed by atoms with van der Waals surface area (Å²) in [6.45, 7) is 4.14. The summed E-state index contributed by atoms with van der Waals surface area (Å²) in [6, 6.07) is 6.34. The maximum absolute atomic E-state index is 6.13. The Hall–Kier alpha value is -0.600. The van der Waals surface area contributed by atoms with Gasteiger partial charge in [-0.15, -0.1) is 0 Å². The molecular formula is C13H16BrN. The Morgan fingerprint density at radius 2 is 2.00 bits per heavy atom. The van der Waals surface area contributed by atoms with Gasteiger partial charge in [-0.25, -0.2) is 0 Å². The number of benzene rings is 1. The van der Waals surface area contributed by atoms with Crippen molar-refractivity contribution in [3.8, 4) is 0 Å². The minimum Gasteiger partial charge on any atom is -0.322 e. The molecule has 2 rings (SSSR count). The normalized spacial score (nSPS) is 15.9. The molecule has 1 aromatic rings. The molecule has 0 saturated heterocycles. The van der Waals surface area contributed by atoms with Gasteiger partial charge in [0.05, 0.1) is 0 Å². The fraction of sp³-hybridized carbons (Fsp3) is 0.385. The van der Waals surface area contributed by atoms with Crippen molar-refractivity contribution >= 4 is 22.0 Å². The van der Waals surface area contributed by atoms with E-state index in [0.717, 1.165) is 12.8 Å². The van der Waals surface area contributed by atoms with Crippen molar-refractivity contribution in [2.24, 2.45) is 5.73 Å². The van der Waals surface area contributed by atoms with Gasteiger partial charge in [0.15, 0.2) is 0 Å². The third-order valence-corrected chi connectivity index (χ3v) is 3.70. The van der Waals surface area contributed by atoms with E-state index in [4.69, 9.17) is 5.73 Å². The van der Waals surface area contributed by atoms with Gasteiger partial charge in [-0.3, -0.25) is 0 Å². The second-order valence-electron chi connectivity index (χ2n) is 4.70. The lowest BCUT2D eigenvalue weighted by molar-refractivity contribution is 0.583. The topological polar surface area (TPSA) is 26.0 Å². The van der Waals surface area contributed by atoms with E-state index in [1.54, 1.807) is 0 Å². The van der Waals surface area contributed by atoms with E-state index in [1.165, 1.54) is 21.2 Å². The monoisotopic (exact) mass is 265 g/mol. The van der Waals surface area contributed by atoms with E-state index >= 15 is 0 Å². The first kappa shape index (κ1) is 10.9. The van der Waals surface area contributed by atoms with Gasteiger partial charge in [-0.05, 0) is 43.9 Å². The second-order valence-corrected chi connectivity index (χ2v) is 5.55. The summed E-state index contributed by atoms with van der Waals surface area (Å²) >= 11 is 3.59. The number of hydrogen-bond acceptors (Lipinski definition) is 1. The summed E-state index contributed by atoms with van der Waals surface area (Å²) in [6.07, 6.45) is 4.39. The van der Waals surface area contributed by atoms with Crippen molar-refractivity contribution in [2.75, 3.05) is 0 Å². The summed E-state index contributed by atoms with van der Waals surface area (Å²) in [5.41, 5.74) is 9.99. The number of halogens is 1. The van der Waals surface area contributed by atoms with Crippen LogP contribution in [0.25, 0.3) is 6.08 Å². The van der Waals surface area contributed by atoms with Crippen LogP contribution in [-0.2, 0) is 6.42 Å². The molecule has 0 radical (unpaired) electrons. The highest BCUT2D eigenvalue weighted by atomic mass is 79.9. The van der Waals surface area contributed by atoms with Crippen molar-refractivity contribution in [1.29, 1.82) is 0 Å². The van der Waals surface area contributed by atoms with Crippen LogP contribution in [0.4, 0.5) is 0 Å². The van der Waals surface area contributed by atoms with Gasteiger partial charge < -0.3 is 5.73 Å². The molecule has 1 aromatic carbocycles. The highest BCUT2D eigenvalue weighted by Gasteiger charge is 2.21. The molecule has 0 aromatic heterocycles. The number of hydrogen-bond donors (Lipinski definition) is 1. The molecule has 15 heavy (non-hydrogen) atoms. The van der Waals surface area contributed by atoms with Gasteiger partial charge in [0.1, 0.15) is 0 Å². The van der Waals surface area contributed by atoms with Crippen LogP contribution in [-0.4, -0.2) is 5.54 Å². The molecule has 0 atom stereocenters. The smallest absolute Gasteiger partial charge is 0.0314 e. The minimum absolute atomic E-state index is 0.194. The van der Waals surface area contributed by atoms with E-state index < -0.39 is 0 Å². The first-order valence-corrected chi connectivity index (χ1v) is 6.05. The van der Waals surface area contributed by atoms with Gasteiger partial charge in [0, 0.05) is 10.0 Å². The van der Waals surface area contributed by atoms with Crippen LogP contribution in [0.2, 0.25) is 0 Å². The maximum atomic E-state index is 6.13. The van der Waals surface area contributed by atoms with Crippen molar-refractivity contribution in [1.82, 2.24) is 0 Å². The van der Waals surface area contributed by atoms with E-state index in [2.05, 4.69) is 54.1 Å². The Morgan fingerprint density at radius 1 is 1.27 bits per heavy atom. The first-order chi connectivity index (χ1) is 6.98. The SMILES string of the molecule is CC(C)(N)C1=Cc2cccc(Br)c2CC1. The van der Waals surface area contributed by atoms with Gasteiger partial charge in [0.25, 0.3) is 0 Å². The van der Waals surface area contributed by atoms with Crippen LogP contribution in [0.15, 0.2) is 28.2 Å². The van der Waals surface area contributed by atoms with Crippen molar-refractivity contribution in [2.45, 2.75) is 32.2 Å². The molecule has 0 fully saturated rings. The molecule has 2 heteroatoms. The Morgan fingerprint density at radius 3 is 2.67 bits per heavy atom. The van der Waals surface area contributed by atoms with Gasteiger partial charge in [-0.2, -0.15) is 0 Å². The van der Waals surface area contributed by atoms with E-state index in [9.17, 15) is 0 Å². The lowest BCUT2D eigenvalue weighted by Gasteiger charge is -2.27. The Balaban J connectivity index is 2.47. The standard InChI is InChI=1S/C13H16BrN/c1-13(2,15)10-6-7-11-9(8-10)4-3-5-12(11)14/h3-5,8H,6-7,15H2,1-2H3. The average Bonchev–Trinajstić information content (AvgIpc) is 2.16. The minimum atomic E-state index is -0.194. The third kappa shape index (κ3) is 2.16. The second kappa shape index (κ2) is 3.76. The zero-order valence-corrected chi connectivity index (χ0v) is 10.8. The summed E-state index contributed by atoms with van der Waals surface area (Å²) in [5, 5.41) is 0. The van der Waals surface area contributed by atoms with Crippen molar-refractivity contribution in [3.63, 3.8) is 0 Å². The molecule has 0 bridgehead atoms. The van der Waals surface area contributed by atoms with Crippen LogP contribution in [0, 0.1) is 0 Å². The lowest BCUT2D eigenvalue weighted by atomic mass is 9.83. The zero-order chi connectivity index (χ0) is 11.1. The Kier molecular flexibility index (Phi) is 2.73. The fourth-order valence-electron chi connectivity index (χ4n) is 2.00. The van der Waals surface area contributed by atoms with Gasteiger partial charge in [-0.1, -0.05) is 39.7 Å². The van der Waals surface area contributed by atoms with Crippen LogP contribution < -0.4 is 5.73 Å². The summed E-state index contributed by atoms with van der Waals surface area (Å²) in [7, 11) is 0. The highest BCUT2D eigenvalue weighted by molar-refractivity contribution is 9.10. The van der Waals surface area contributed by atoms with Crippen LogP contribution in [0.5, 0.6) is 0 Å². The van der Waals surface area contributed by atoms with E-state index in [-0.39, 0.29) is 5.54 Å². The number of fused-ring (bicyclic) bond motifs is 1.